The van der Waals surface area contributed by atoms with Crippen molar-refractivity contribution in [2.24, 2.45) is 0 Å². The molecule has 0 N–H and O–H groups in total. The molecular weight excluding hydrogens is 168 g/mol. The maximum absolute atomic E-state index is 11.1. The molecule has 1 rings (SSSR count). The third-order valence-electron chi connectivity index (χ3n) is 1.36. The molecule has 0 amide bonds. The van der Waals surface area contributed by atoms with E-state index >= 15 is 0 Å². The molecule has 0 fully saturated rings. The molecule has 0 saturated heterocycles. The lowest BCUT2D eigenvalue weighted by molar-refractivity contribution is 0.0519. The molecule has 4 heteroatoms. The number of carbonyl (C=O) groups is 1. The highest BCUT2D eigenvalue weighted by molar-refractivity contribution is 5.87. The van der Waals surface area contributed by atoms with Crippen LogP contribution in [0, 0.1) is 6.57 Å². The Balaban J connectivity index is 2.81. The number of nitrogens with zero attached hydrogens (tertiary/aromatic N) is 2. The highest BCUT2D eigenvalue weighted by Crippen LogP contribution is 2.09. The van der Waals surface area contributed by atoms with Gasteiger partial charge in [-0.25, -0.2) is 9.64 Å². The van der Waals surface area contributed by atoms with Crippen molar-refractivity contribution >= 4 is 11.7 Å². The third-order valence-corrected chi connectivity index (χ3v) is 1.36. The maximum Gasteiger partial charge on any atom is 0.356 e. The van der Waals surface area contributed by atoms with Crippen molar-refractivity contribution in [1.82, 2.24) is 4.98 Å². The zero-order valence-corrected chi connectivity index (χ0v) is 7.15. The van der Waals surface area contributed by atoms with Crippen LogP contribution in [0.2, 0.25) is 0 Å². The Bertz CT molecular complexity index is 338. The summed E-state index contributed by atoms with van der Waals surface area (Å²) in [6.07, 6.45) is 1.35. The molecule has 0 aromatic carbocycles. The van der Waals surface area contributed by atoms with Crippen LogP contribution < -0.4 is 0 Å². The Hall–Kier alpha value is -1.89. The van der Waals surface area contributed by atoms with Gasteiger partial charge in [-0.15, -0.1) is 0 Å². The summed E-state index contributed by atoms with van der Waals surface area (Å²) in [6.45, 7) is 8.72. The molecular formula is C9H8N2O2. The van der Waals surface area contributed by atoms with Crippen molar-refractivity contribution in [3.05, 3.63) is 35.4 Å². The van der Waals surface area contributed by atoms with E-state index in [0.29, 0.717) is 12.3 Å². The quantitative estimate of drug-likeness (QED) is 0.509. The SMILES string of the molecule is [C-]#[N+]c1ccc(C(=O)OCC)nc1. The van der Waals surface area contributed by atoms with Crippen molar-refractivity contribution in [2.75, 3.05) is 6.61 Å². The molecule has 13 heavy (non-hydrogen) atoms. The number of ether oxygens (including phenoxy) is 1. The van der Waals surface area contributed by atoms with Crippen LogP contribution in [0.3, 0.4) is 0 Å². The van der Waals surface area contributed by atoms with Crippen LogP contribution in [0.25, 0.3) is 4.85 Å². The summed E-state index contributed by atoms with van der Waals surface area (Å²) in [4.78, 5) is 18.0. The minimum Gasteiger partial charge on any atom is -0.461 e. The van der Waals surface area contributed by atoms with E-state index in [1.54, 1.807) is 6.92 Å². The van der Waals surface area contributed by atoms with Gasteiger partial charge in [-0.1, -0.05) is 6.07 Å². The first-order valence-corrected chi connectivity index (χ1v) is 3.78. The number of hydrogen-bond donors (Lipinski definition) is 0. The highest BCUT2D eigenvalue weighted by atomic mass is 16.5. The summed E-state index contributed by atoms with van der Waals surface area (Å²) in [7, 11) is 0. The van der Waals surface area contributed by atoms with E-state index in [0.717, 1.165) is 0 Å². The van der Waals surface area contributed by atoms with Crippen LogP contribution in [0.5, 0.6) is 0 Å². The molecule has 0 bridgehead atoms. The summed E-state index contributed by atoms with van der Waals surface area (Å²) < 4.78 is 4.72. The Kier molecular flexibility index (Phi) is 2.98. The van der Waals surface area contributed by atoms with Crippen LogP contribution >= 0.6 is 0 Å². The van der Waals surface area contributed by atoms with Crippen LogP contribution in [-0.4, -0.2) is 17.6 Å². The molecule has 0 unspecified atom stereocenters. The van der Waals surface area contributed by atoms with Gasteiger partial charge in [0.2, 0.25) is 5.69 Å². The molecule has 0 atom stereocenters. The molecule has 1 aromatic rings. The average Bonchev–Trinajstić information content (AvgIpc) is 2.18. The largest absolute Gasteiger partial charge is 0.461 e. The summed E-state index contributed by atoms with van der Waals surface area (Å²) in [5.74, 6) is -0.459. The van der Waals surface area contributed by atoms with Gasteiger partial charge in [0.05, 0.1) is 13.2 Å². The lowest BCUT2D eigenvalue weighted by atomic mass is 10.3. The van der Waals surface area contributed by atoms with Crippen molar-refractivity contribution in [2.45, 2.75) is 6.92 Å². The van der Waals surface area contributed by atoms with Gasteiger partial charge in [-0.05, 0) is 13.0 Å². The fourth-order valence-electron chi connectivity index (χ4n) is 0.778. The second kappa shape index (κ2) is 4.21. The summed E-state index contributed by atoms with van der Waals surface area (Å²) >= 11 is 0. The van der Waals surface area contributed by atoms with Crippen LogP contribution in [-0.2, 0) is 4.74 Å². The second-order valence-electron chi connectivity index (χ2n) is 2.23. The topological polar surface area (TPSA) is 43.5 Å². The minimum atomic E-state index is -0.459. The van der Waals surface area contributed by atoms with Crippen molar-refractivity contribution in [1.29, 1.82) is 0 Å². The zero-order valence-electron chi connectivity index (χ0n) is 7.15. The van der Waals surface area contributed by atoms with E-state index in [1.165, 1.54) is 18.3 Å². The van der Waals surface area contributed by atoms with Crippen molar-refractivity contribution in [3.63, 3.8) is 0 Å². The normalized spacial score (nSPS) is 8.92. The van der Waals surface area contributed by atoms with E-state index in [2.05, 4.69) is 9.83 Å². The van der Waals surface area contributed by atoms with E-state index in [-0.39, 0.29) is 5.69 Å². The van der Waals surface area contributed by atoms with Gasteiger partial charge < -0.3 is 4.74 Å². The van der Waals surface area contributed by atoms with E-state index < -0.39 is 5.97 Å². The third kappa shape index (κ3) is 2.27. The second-order valence-corrected chi connectivity index (χ2v) is 2.23. The average molecular weight is 176 g/mol. The van der Waals surface area contributed by atoms with Crippen molar-refractivity contribution < 1.29 is 9.53 Å². The van der Waals surface area contributed by atoms with Gasteiger partial charge in [-0.3, -0.25) is 4.98 Å². The molecule has 0 radical (unpaired) electrons. The Morgan fingerprint density at radius 3 is 2.92 bits per heavy atom. The first kappa shape index (κ1) is 9.20. The zero-order chi connectivity index (χ0) is 9.68. The van der Waals surface area contributed by atoms with Crippen LogP contribution in [0.4, 0.5) is 5.69 Å². The molecule has 0 aliphatic rings. The fourth-order valence-corrected chi connectivity index (χ4v) is 0.778. The predicted octanol–water partition coefficient (Wildman–Crippen LogP) is 1.81. The molecule has 66 valence electrons. The van der Waals surface area contributed by atoms with Gasteiger partial charge in [0.25, 0.3) is 0 Å². The van der Waals surface area contributed by atoms with Crippen LogP contribution in [0.15, 0.2) is 18.3 Å². The number of aromatic nitrogens is 1. The standard InChI is InChI=1S/C9H8N2O2/c1-3-13-9(12)8-5-4-7(10-2)6-11-8/h4-6H,3H2,1H3. The van der Waals surface area contributed by atoms with Crippen LogP contribution in [0.1, 0.15) is 17.4 Å². The van der Waals surface area contributed by atoms with Gasteiger partial charge in [-0.2, -0.15) is 0 Å². The summed E-state index contributed by atoms with van der Waals surface area (Å²) in [6, 6.07) is 3.01. The predicted molar refractivity (Wildman–Crippen MR) is 46.5 cm³/mol. The Labute approximate surface area is 76.0 Å². The van der Waals surface area contributed by atoms with Gasteiger partial charge in [0.1, 0.15) is 5.69 Å². The number of pyridine rings is 1. The maximum atomic E-state index is 11.1. The Morgan fingerprint density at radius 2 is 2.46 bits per heavy atom. The monoisotopic (exact) mass is 176 g/mol. The fraction of sp³-hybridized carbons (Fsp3) is 0.222. The molecule has 0 spiro atoms. The molecule has 4 nitrogen and oxygen atoms in total. The van der Waals surface area contributed by atoms with Gasteiger partial charge in [0.15, 0.2) is 0 Å². The van der Waals surface area contributed by atoms with Gasteiger partial charge >= 0.3 is 5.97 Å². The smallest absolute Gasteiger partial charge is 0.356 e. The lowest BCUT2D eigenvalue weighted by Crippen LogP contribution is -2.06. The number of carbonyl (C=O) groups excluding carboxylic acids is 1. The highest BCUT2D eigenvalue weighted by Gasteiger charge is 2.06. The molecule has 0 aliphatic carbocycles. The molecule has 0 saturated carbocycles. The molecule has 1 heterocycles. The number of hydrogen-bond acceptors (Lipinski definition) is 3. The van der Waals surface area contributed by atoms with Gasteiger partial charge in [0, 0.05) is 6.20 Å². The first-order chi connectivity index (χ1) is 6.27. The Morgan fingerprint density at radius 1 is 1.69 bits per heavy atom. The minimum absolute atomic E-state index is 0.231. The van der Waals surface area contributed by atoms with E-state index in [9.17, 15) is 4.79 Å². The summed E-state index contributed by atoms with van der Waals surface area (Å²) in [5, 5.41) is 0. The van der Waals surface area contributed by atoms with E-state index in [1.807, 2.05) is 0 Å². The van der Waals surface area contributed by atoms with E-state index in [4.69, 9.17) is 11.3 Å². The van der Waals surface area contributed by atoms with Crippen molar-refractivity contribution in [3.8, 4) is 0 Å². The summed E-state index contributed by atoms with van der Waals surface area (Å²) in [5.41, 5.74) is 0.641. The molecule has 0 aliphatic heterocycles. The number of esters is 1. The molecule has 1 aromatic heterocycles. The lowest BCUT2D eigenvalue weighted by Gasteiger charge is -1.99. The number of rotatable bonds is 2. The first-order valence-electron chi connectivity index (χ1n) is 3.78.